The molecule has 0 radical (unpaired) electrons. The number of nitrogen functional groups attached to an aromatic ring is 1. The van der Waals surface area contributed by atoms with E-state index in [0.717, 1.165) is 0 Å². The molecule has 0 saturated carbocycles. The Morgan fingerprint density at radius 1 is 1.37 bits per heavy atom. The number of rotatable bonds is 3. The molecule has 4 nitrogen and oxygen atoms in total. The molecule has 0 aliphatic heterocycles. The summed E-state index contributed by atoms with van der Waals surface area (Å²) in [5.41, 5.74) is 7.05. The fourth-order valence-corrected chi connectivity index (χ4v) is 1.78. The normalized spacial score (nSPS) is 10.4. The minimum Gasteiger partial charge on any atom is -0.476 e. The number of nitrogens with two attached hydrogens (primary N) is 1. The number of anilines is 1. The average Bonchev–Trinajstić information content (AvgIpc) is 2.41. The van der Waals surface area contributed by atoms with Gasteiger partial charge in [0.05, 0.1) is 16.4 Å². The third-order valence-electron chi connectivity index (χ3n) is 2.59. The standard InChI is InChI=1S/C13H10ClFN2O2/c14-11-9(16)5-10(17-12(11)13(18)19)8-3-1-7(6-15)2-4-8/h1-5H,6H2,(H2,16,17)(H,18,19). The van der Waals surface area contributed by atoms with Crippen molar-refractivity contribution in [1.82, 2.24) is 4.98 Å². The van der Waals surface area contributed by atoms with Gasteiger partial charge in [-0.3, -0.25) is 0 Å². The first-order valence-electron chi connectivity index (χ1n) is 5.37. The van der Waals surface area contributed by atoms with Crippen LogP contribution in [0, 0.1) is 0 Å². The number of carboxylic acids is 1. The number of aromatic carboxylic acids is 1. The number of benzene rings is 1. The molecule has 98 valence electrons. The Morgan fingerprint density at radius 3 is 2.53 bits per heavy atom. The summed E-state index contributed by atoms with van der Waals surface area (Å²) in [6.07, 6.45) is 0. The molecule has 0 bridgehead atoms. The maximum absolute atomic E-state index is 12.4. The van der Waals surface area contributed by atoms with E-state index in [1.165, 1.54) is 6.07 Å². The molecule has 0 amide bonds. The molecule has 1 heterocycles. The van der Waals surface area contributed by atoms with E-state index in [1.807, 2.05) is 0 Å². The zero-order valence-corrected chi connectivity index (χ0v) is 10.5. The van der Waals surface area contributed by atoms with Gasteiger partial charge in [0.1, 0.15) is 6.67 Å². The number of carboxylic acid groups (broad SMARTS) is 1. The highest BCUT2D eigenvalue weighted by Crippen LogP contribution is 2.28. The fraction of sp³-hybridized carbons (Fsp3) is 0.0769. The molecule has 1 aromatic carbocycles. The summed E-state index contributed by atoms with van der Waals surface area (Å²) < 4.78 is 12.4. The molecule has 0 aliphatic carbocycles. The highest BCUT2D eigenvalue weighted by Gasteiger charge is 2.15. The number of hydrogen-bond acceptors (Lipinski definition) is 3. The second-order valence-corrected chi connectivity index (χ2v) is 4.27. The fourth-order valence-electron chi connectivity index (χ4n) is 1.60. The summed E-state index contributed by atoms with van der Waals surface area (Å²) >= 11 is 5.78. The molecule has 6 heteroatoms. The van der Waals surface area contributed by atoms with E-state index in [2.05, 4.69) is 4.98 Å². The summed E-state index contributed by atoms with van der Waals surface area (Å²) in [6, 6.07) is 7.98. The molecule has 3 N–H and O–H groups in total. The Morgan fingerprint density at radius 2 is 2.00 bits per heavy atom. The van der Waals surface area contributed by atoms with Gasteiger partial charge in [-0.05, 0) is 11.6 Å². The summed E-state index contributed by atoms with van der Waals surface area (Å²) in [7, 11) is 0. The van der Waals surface area contributed by atoms with E-state index >= 15 is 0 Å². The monoisotopic (exact) mass is 280 g/mol. The topological polar surface area (TPSA) is 76.2 Å². The van der Waals surface area contributed by atoms with Gasteiger partial charge in [-0.1, -0.05) is 35.9 Å². The molecular formula is C13H10ClFN2O2. The first kappa shape index (κ1) is 13.3. The van der Waals surface area contributed by atoms with Gasteiger partial charge in [0.15, 0.2) is 5.69 Å². The number of carbonyl (C=O) groups is 1. The second-order valence-electron chi connectivity index (χ2n) is 3.90. The van der Waals surface area contributed by atoms with Gasteiger partial charge < -0.3 is 10.8 Å². The second kappa shape index (κ2) is 5.24. The smallest absolute Gasteiger partial charge is 0.356 e. The average molecular weight is 281 g/mol. The van der Waals surface area contributed by atoms with E-state index in [4.69, 9.17) is 22.4 Å². The van der Waals surface area contributed by atoms with Crippen LogP contribution in [0.3, 0.4) is 0 Å². The third kappa shape index (κ3) is 2.66. The molecule has 0 saturated heterocycles. The van der Waals surface area contributed by atoms with Crippen LogP contribution in [0.5, 0.6) is 0 Å². The SMILES string of the molecule is Nc1cc(-c2ccc(CF)cc2)nc(C(=O)O)c1Cl. The van der Waals surface area contributed by atoms with Crippen LogP contribution in [0.2, 0.25) is 5.02 Å². The van der Waals surface area contributed by atoms with Crippen LogP contribution in [-0.4, -0.2) is 16.1 Å². The van der Waals surface area contributed by atoms with Gasteiger partial charge in [-0.2, -0.15) is 0 Å². The van der Waals surface area contributed by atoms with Crippen molar-refractivity contribution in [3.8, 4) is 11.3 Å². The van der Waals surface area contributed by atoms with Crippen LogP contribution < -0.4 is 5.73 Å². The Kier molecular flexibility index (Phi) is 3.66. The van der Waals surface area contributed by atoms with Crippen LogP contribution in [-0.2, 0) is 6.67 Å². The van der Waals surface area contributed by atoms with Gasteiger partial charge in [0.2, 0.25) is 0 Å². The van der Waals surface area contributed by atoms with Gasteiger partial charge in [-0.25, -0.2) is 14.2 Å². The van der Waals surface area contributed by atoms with Crippen LogP contribution in [0.4, 0.5) is 10.1 Å². The minimum atomic E-state index is -1.25. The van der Waals surface area contributed by atoms with E-state index in [1.54, 1.807) is 24.3 Å². The molecule has 2 aromatic rings. The predicted octanol–water partition coefficient (Wildman–Crippen LogP) is 3.15. The van der Waals surface area contributed by atoms with E-state index in [9.17, 15) is 9.18 Å². The molecule has 0 aliphatic rings. The van der Waals surface area contributed by atoms with Crippen molar-refractivity contribution in [3.63, 3.8) is 0 Å². The first-order chi connectivity index (χ1) is 9.02. The van der Waals surface area contributed by atoms with Crippen molar-refractivity contribution >= 4 is 23.3 Å². The van der Waals surface area contributed by atoms with Crippen molar-refractivity contribution in [2.45, 2.75) is 6.67 Å². The largest absolute Gasteiger partial charge is 0.476 e. The Labute approximate surface area is 113 Å². The summed E-state index contributed by atoms with van der Waals surface area (Å²) in [5.74, 6) is -1.25. The number of halogens is 2. The maximum atomic E-state index is 12.4. The maximum Gasteiger partial charge on any atom is 0.356 e. The molecule has 0 atom stereocenters. The van der Waals surface area contributed by atoms with Crippen LogP contribution in [0.1, 0.15) is 16.1 Å². The van der Waals surface area contributed by atoms with E-state index in [-0.39, 0.29) is 16.4 Å². The molecule has 2 rings (SSSR count). The zero-order chi connectivity index (χ0) is 14.0. The lowest BCUT2D eigenvalue weighted by atomic mass is 10.1. The molecule has 0 fully saturated rings. The van der Waals surface area contributed by atoms with Crippen molar-refractivity contribution in [1.29, 1.82) is 0 Å². The zero-order valence-electron chi connectivity index (χ0n) is 9.73. The Balaban J connectivity index is 2.52. The van der Waals surface area contributed by atoms with Gasteiger partial charge in [-0.15, -0.1) is 0 Å². The molecule has 0 spiro atoms. The summed E-state index contributed by atoms with van der Waals surface area (Å²) in [6.45, 7) is -0.559. The lowest BCUT2D eigenvalue weighted by molar-refractivity contribution is 0.0691. The quantitative estimate of drug-likeness (QED) is 0.905. The number of alkyl halides is 1. The number of nitrogens with zero attached hydrogens (tertiary/aromatic N) is 1. The van der Waals surface area contributed by atoms with Gasteiger partial charge in [0.25, 0.3) is 0 Å². The van der Waals surface area contributed by atoms with Crippen molar-refractivity contribution in [2.24, 2.45) is 0 Å². The number of aromatic nitrogens is 1. The van der Waals surface area contributed by atoms with Gasteiger partial charge in [0, 0.05) is 5.56 Å². The Hall–Kier alpha value is -2.14. The van der Waals surface area contributed by atoms with Gasteiger partial charge >= 0.3 is 5.97 Å². The molecule has 1 aromatic heterocycles. The van der Waals surface area contributed by atoms with E-state index < -0.39 is 12.6 Å². The minimum absolute atomic E-state index is 0.0865. The van der Waals surface area contributed by atoms with Crippen molar-refractivity contribution < 1.29 is 14.3 Å². The number of hydrogen-bond donors (Lipinski definition) is 2. The first-order valence-corrected chi connectivity index (χ1v) is 5.75. The van der Waals surface area contributed by atoms with Crippen LogP contribution in [0.25, 0.3) is 11.3 Å². The van der Waals surface area contributed by atoms with Crippen molar-refractivity contribution in [3.05, 3.63) is 46.6 Å². The molecule has 0 unspecified atom stereocenters. The van der Waals surface area contributed by atoms with Crippen LogP contribution in [0.15, 0.2) is 30.3 Å². The highest BCUT2D eigenvalue weighted by molar-refractivity contribution is 6.35. The molecular weight excluding hydrogens is 271 g/mol. The van der Waals surface area contributed by atoms with Crippen LogP contribution >= 0.6 is 11.6 Å². The summed E-state index contributed by atoms with van der Waals surface area (Å²) in [4.78, 5) is 15.0. The molecule has 19 heavy (non-hydrogen) atoms. The Bertz CT molecular complexity index is 629. The number of pyridine rings is 1. The lowest BCUT2D eigenvalue weighted by Gasteiger charge is -2.07. The summed E-state index contributed by atoms with van der Waals surface area (Å²) in [5, 5.41) is 8.91. The predicted molar refractivity (Wildman–Crippen MR) is 70.9 cm³/mol. The third-order valence-corrected chi connectivity index (χ3v) is 2.99. The van der Waals surface area contributed by atoms with Crippen molar-refractivity contribution in [2.75, 3.05) is 5.73 Å². The highest BCUT2D eigenvalue weighted by atomic mass is 35.5. The lowest BCUT2D eigenvalue weighted by Crippen LogP contribution is -2.05. The van der Waals surface area contributed by atoms with E-state index in [0.29, 0.717) is 16.8 Å².